The Kier molecular flexibility index (Phi) is 9.74. The maximum absolute atomic E-state index is 6.13. The van der Waals surface area contributed by atoms with Crippen LogP contribution in [0.2, 0.25) is 0 Å². The van der Waals surface area contributed by atoms with Crippen molar-refractivity contribution in [1.82, 2.24) is 20.4 Å². The number of guanidine groups is 1. The molecule has 2 atom stereocenters. The van der Waals surface area contributed by atoms with Crippen molar-refractivity contribution in [1.29, 1.82) is 0 Å². The highest BCUT2D eigenvalue weighted by Crippen LogP contribution is 2.22. The lowest BCUT2D eigenvalue weighted by Gasteiger charge is -2.37. The molecule has 1 aliphatic rings. The number of hydrogen-bond acceptors (Lipinski definition) is 4. The summed E-state index contributed by atoms with van der Waals surface area (Å²) >= 11 is 0. The molecule has 1 aliphatic heterocycles. The second-order valence-electron chi connectivity index (χ2n) is 8.07. The van der Waals surface area contributed by atoms with E-state index in [1.165, 1.54) is 18.7 Å². The lowest BCUT2D eigenvalue weighted by molar-refractivity contribution is 0.107. The summed E-state index contributed by atoms with van der Waals surface area (Å²) in [5.41, 5.74) is 2.37. The van der Waals surface area contributed by atoms with Crippen LogP contribution in [0.15, 0.2) is 23.2 Å². The predicted octanol–water partition coefficient (Wildman–Crippen LogP) is 2.86. The Labute approximate surface area is 177 Å². The number of nitrogens with one attached hydrogen (secondary N) is 2. The highest BCUT2D eigenvalue weighted by Gasteiger charge is 2.20. The van der Waals surface area contributed by atoms with Gasteiger partial charge in [0.25, 0.3) is 0 Å². The van der Waals surface area contributed by atoms with Crippen molar-refractivity contribution < 1.29 is 4.74 Å². The number of ether oxygens (including phenoxy) is 1. The molecule has 2 unspecified atom stereocenters. The van der Waals surface area contributed by atoms with Crippen molar-refractivity contribution in [3.63, 3.8) is 0 Å². The van der Waals surface area contributed by atoms with Crippen molar-refractivity contribution in [3.05, 3.63) is 29.3 Å². The lowest BCUT2D eigenvalue weighted by Crippen LogP contribution is -2.53. The first kappa shape index (κ1) is 23.5. The SMILES string of the molecule is CCC(C)Oc1cc(C)ccc1CNC(=NC)NCC(C)N1CCN(CC)CC1. The maximum atomic E-state index is 6.13. The van der Waals surface area contributed by atoms with Gasteiger partial charge in [0.2, 0.25) is 0 Å². The fraction of sp³-hybridized carbons (Fsp3) is 0.696. The van der Waals surface area contributed by atoms with Gasteiger partial charge in [-0.15, -0.1) is 0 Å². The van der Waals surface area contributed by atoms with Gasteiger partial charge in [-0.3, -0.25) is 9.89 Å². The van der Waals surface area contributed by atoms with E-state index in [1.54, 1.807) is 0 Å². The normalized spacial score (nSPS) is 18.3. The van der Waals surface area contributed by atoms with E-state index < -0.39 is 0 Å². The summed E-state index contributed by atoms with van der Waals surface area (Å²) in [6.45, 7) is 18.2. The third-order valence-corrected chi connectivity index (χ3v) is 5.84. The molecule has 0 amide bonds. The van der Waals surface area contributed by atoms with E-state index in [9.17, 15) is 0 Å². The van der Waals surface area contributed by atoms with Gasteiger partial charge in [0.05, 0.1) is 6.10 Å². The van der Waals surface area contributed by atoms with Crippen LogP contribution in [0.1, 0.15) is 45.2 Å². The van der Waals surface area contributed by atoms with Gasteiger partial charge in [-0.2, -0.15) is 0 Å². The number of benzene rings is 1. The smallest absolute Gasteiger partial charge is 0.191 e. The third-order valence-electron chi connectivity index (χ3n) is 5.84. The van der Waals surface area contributed by atoms with Crippen molar-refractivity contribution in [2.24, 2.45) is 4.99 Å². The number of hydrogen-bond donors (Lipinski definition) is 2. The van der Waals surface area contributed by atoms with Crippen molar-refractivity contribution in [3.8, 4) is 5.75 Å². The zero-order valence-corrected chi connectivity index (χ0v) is 19.3. The highest BCUT2D eigenvalue weighted by molar-refractivity contribution is 5.79. The molecule has 0 saturated carbocycles. The quantitative estimate of drug-likeness (QED) is 0.490. The molecule has 1 aromatic carbocycles. The van der Waals surface area contributed by atoms with E-state index >= 15 is 0 Å². The monoisotopic (exact) mass is 403 g/mol. The molecule has 29 heavy (non-hydrogen) atoms. The van der Waals surface area contributed by atoms with E-state index in [-0.39, 0.29) is 6.10 Å². The van der Waals surface area contributed by atoms with E-state index in [0.29, 0.717) is 12.6 Å². The molecule has 1 fully saturated rings. The summed E-state index contributed by atoms with van der Waals surface area (Å²) in [5, 5.41) is 6.93. The average Bonchev–Trinajstić information content (AvgIpc) is 2.74. The number of aryl methyl sites for hydroxylation is 1. The first-order valence-corrected chi connectivity index (χ1v) is 11.1. The van der Waals surface area contributed by atoms with Crippen LogP contribution in [0.3, 0.4) is 0 Å². The van der Waals surface area contributed by atoms with Gasteiger partial charge in [-0.1, -0.05) is 26.0 Å². The van der Waals surface area contributed by atoms with Gasteiger partial charge < -0.3 is 20.3 Å². The van der Waals surface area contributed by atoms with Crippen LogP contribution in [0, 0.1) is 6.92 Å². The van der Waals surface area contributed by atoms with Gasteiger partial charge in [0.1, 0.15) is 5.75 Å². The minimum absolute atomic E-state index is 0.210. The van der Waals surface area contributed by atoms with Gasteiger partial charge in [-0.25, -0.2) is 0 Å². The molecule has 0 aliphatic carbocycles. The third kappa shape index (κ3) is 7.52. The van der Waals surface area contributed by atoms with Crippen LogP contribution in [0.4, 0.5) is 0 Å². The Morgan fingerprint density at radius 1 is 1.14 bits per heavy atom. The molecule has 0 spiro atoms. The summed E-state index contributed by atoms with van der Waals surface area (Å²) in [6, 6.07) is 6.88. The zero-order valence-electron chi connectivity index (χ0n) is 19.3. The first-order chi connectivity index (χ1) is 14.0. The van der Waals surface area contributed by atoms with E-state index in [0.717, 1.165) is 49.9 Å². The van der Waals surface area contributed by atoms with Gasteiger partial charge in [-0.05, 0) is 45.4 Å². The fourth-order valence-electron chi connectivity index (χ4n) is 3.51. The number of nitrogens with zero attached hydrogens (tertiary/aromatic N) is 3. The first-order valence-electron chi connectivity index (χ1n) is 11.1. The van der Waals surface area contributed by atoms with E-state index in [1.807, 2.05) is 7.05 Å². The zero-order chi connectivity index (χ0) is 21.2. The summed E-state index contributed by atoms with van der Waals surface area (Å²) in [5.74, 6) is 1.79. The minimum Gasteiger partial charge on any atom is -0.490 e. The number of likely N-dealkylation sites (N-methyl/N-ethyl adjacent to an activating group) is 1. The topological polar surface area (TPSA) is 52.1 Å². The van der Waals surface area contributed by atoms with Gasteiger partial charge in [0.15, 0.2) is 5.96 Å². The molecule has 1 heterocycles. The summed E-state index contributed by atoms with van der Waals surface area (Å²) < 4.78 is 6.13. The molecule has 2 N–H and O–H groups in total. The molecule has 1 aromatic rings. The molecule has 6 nitrogen and oxygen atoms in total. The van der Waals surface area contributed by atoms with Crippen LogP contribution in [0.5, 0.6) is 5.75 Å². The molecule has 6 heteroatoms. The van der Waals surface area contributed by atoms with Crippen LogP contribution >= 0.6 is 0 Å². The molecule has 0 radical (unpaired) electrons. The summed E-state index contributed by atoms with van der Waals surface area (Å²) in [7, 11) is 1.83. The van der Waals surface area contributed by atoms with Crippen LogP contribution in [-0.2, 0) is 6.54 Å². The van der Waals surface area contributed by atoms with Crippen molar-refractivity contribution >= 4 is 5.96 Å². The largest absolute Gasteiger partial charge is 0.490 e. The van der Waals surface area contributed by atoms with Gasteiger partial charge >= 0.3 is 0 Å². The van der Waals surface area contributed by atoms with Crippen LogP contribution < -0.4 is 15.4 Å². The summed E-state index contributed by atoms with van der Waals surface area (Å²) in [4.78, 5) is 9.47. The molecule has 0 aromatic heterocycles. The van der Waals surface area contributed by atoms with E-state index in [4.69, 9.17) is 4.74 Å². The molecular weight excluding hydrogens is 362 g/mol. The fourth-order valence-corrected chi connectivity index (χ4v) is 3.51. The van der Waals surface area contributed by atoms with Crippen molar-refractivity contribution in [2.75, 3.05) is 46.3 Å². The molecule has 164 valence electrons. The molecule has 0 bridgehead atoms. The Bertz CT molecular complexity index is 640. The lowest BCUT2D eigenvalue weighted by atomic mass is 10.1. The number of rotatable bonds is 9. The highest BCUT2D eigenvalue weighted by atomic mass is 16.5. The van der Waals surface area contributed by atoms with Gasteiger partial charge in [0, 0.05) is 57.9 Å². The van der Waals surface area contributed by atoms with Crippen LogP contribution in [-0.4, -0.2) is 74.2 Å². The maximum Gasteiger partial charge on any atom is 0.191 e. The van der Waals surface area contributed by atoms with Crippen LogP contribution in [0.25, 0.3) is 0 Å². The Hall–Kier alpha value is -1.79. The second-order valence-corrected chi connectivity index (χ2v) is 8.07. The summed E-state index contributed by atoms with van der Waals surface area (Å²) in [6.07, 6.45) is 1.20. The second kappa shape index (κ2) is 12.0. The number of piperazine rings is 1. The molecule has 1 saturated heterocycles. The number of aliphatic imine (C=N–C) groups is 1. The molecular formula is C23H41N5O. The van der Waals surface area contributed by atoms with E-state index in [2.05, 4.69) is 78.2 Å². The Morgan fingerprint density at radius 3 is 2.48 bits per heavy atom. The molecule has 2 rings (SSSR count). The van der Waals surface area contributed by atoms with Crippen molar-refractivity contribution in [2.45, 2.75) is 59.7 Å². The standard InChI is InChI=1S/C23H41N5O/c1-7-20(5)29-22-15-18(3)9-10-21(22)17-26-23(24-6)25-16-19(4)28-13-11-27(8-2)12-14-28/h9-10,15,19-20H,7-8,11-14,16-17H2,1-6H3,(H2,24,25,26). The Morgan fingerprint density at radius 2 is 1.86 bits per heavy atom. The predicted molar refractivity (Wildman–Crippen MR) is 123 cm³/mol. The minimum atomic E-state index is 0.210. The average molecular weight is 404 g/mol. The Balaban J connectivity index is 1.85.